The van der Waals surface area contributed by atoms with Gasteiger partial charge in [0.1, 0.15) is 0 Å². The summed E-state index contributed by atoms with van der Waals surface area (Å²) in [4.78, 5) is 0. The zero-order valence-corrected chi connectivity index (χ0v) is 11.5. The van der Waals surface area contributed by atoms with Crippen LogP contribution in [0.3, 0.4) is 0 Å². The van der Waals surface area contributed by atoms with Gasteiger partial charge in [-0.3, -0.25) is 0 Å². The van der Waals surface area contributed by atoms with E-state index in [1.807, 2.05) is 0 Å². The predicted molar refractivity (Wildman–Crippen MR) is 73.1 cm³/mol. The molecule has 0 fully saturated rings. The maximum atomic E-state index is 13.4. The molecule has 5 N–H and O–H groups in total. The third-order valence-electron chi connectivity index (χ3n) is 2.32. The van der Waals surface area contributed by atoms with Gasteiger partial charge >= 0.3 is 0 Å². The average molecular weight is 291 g/mol. The van der Waals surface area contributed by atoms with Crippen LogP contribution in [-0.4, -0.2) is 27.3 Å². The maximum Gasteiger partial charge on any atom is 0.209 e. The number of hydrogen-bond donors (Lipinski definition) is 3. The van der Waals surface area contributed by atoms with Crippen LogP contribution in [0.4, 0.5) is 15.8 Å². The molecule has 1 aromatic rings. The number of hydrogen-bond acceptors (Lipinski definition) is 5. The standard InChI is InChI=1S/C11H18FN3O3S/c1-2-18-11-7-10(9(13)6-8(11)12)15-4-3-5-19(14,16)17/h6-7,15H,2-5,13H2,1H3,(H2,14,16,17). The largest absolute Gasteiger partial charge is 0.491 e. The van der Waals surface area contributed by atoms with Gasteiger partial charge in [0.25, 0.3) is 0 Å². The molecule has 0 saturated carbocycles. The summed E-state index contributed by atoms with van der Waals surface area (Å²) in [5, 5.41) is 7.80. The number of primary sulfonamides is 1. The van der Waals surface area contributed by atoms with Crippen molar-refractivity contribution in [2.75, 3.05) is 30.0 Å². The lowest BCUT2D eigenvalue weighted by atomic mass is 10.2. The van der Waals surface area contributed by atoms with Gasteiger partial charge in [-0.25, -0.2) is 17.9 Å². The molecule has 0 heterocycles. The zero-order valence-electron chi connectivity index (χ0n) is 10.6. The highest BCUT2D eigenvalue weighted by Crippen LogP contribution is 2.28. The van der Waals surface area contributed by atoms with Crippen LogP contribution in [0.25, 0.3) is 0 Å². The Morgan fingerprint density at radius 2 is 2.11 bits per heavy atom. The first-order valence-corrected chi connectivity index (χ1v) is 7.51. The second-order valence-corrected chi connectivity index (χ2v) is 5.68. The molecule has 0 aliphatic heterocycles. The molecule has 0 aromatic heterocycles. The summed E-state index contributed by atoms with van der Waals surface area (Å²) in [6.07, 6.45) is 0.333. The second-order valence-electron chi connectivity index (χ2n) is 3.95. The lowest BCUT2D eigenvalue weighted by molar-refractivity contribution is 0.322. The number of ether oxygens (including phenoxy) is 1. The highest BCUT2D eigenvalue weighted by molar-refractivity contribution is 7.89. The normalized spacial score (nSPS) is 11.3. The van der Waals surface area contributed by atoms with E-state index in [1.165, 1.54) is 6.07 Å². The monoisotopic (exact) mass is 291 g/mol. The van der Waals surface area contributed by atoms with Crippen LogP contribution in [0.5, 0.6) is 5.75 Å². The molecule has 0 radical (unpaired) electrons. The third-order valence-corrected chi connectivity index (χ3v) is 3.18. The average Bonchev–Trinajstić information content (AvgIpc) is 2.28. The van der Waals surface area contributed by atoms with Crippen LogP contribution in [0.2, 0.25) is 0 Å². The van der Waals surface area contributed by atoms with Crippen molar-refractivity contribution >= 4 is 21.4 Å². The molecule has 0 atom stereocenters. The Hall–Kier alpha value is -1.54. The molecule has 19 heavy (non-hydrogen) atoms. The van der Waals surface area contributed by atoms with Crippen LogP contribution in [0.1, 0.15) is 13.3 Å². The van der Waals surface area contributed by atoms with Crippen molar-refractivity contribution in [2.45, 2.75) is 13.3 Å². The Morgan fingerprint density at radius 1 is 1.42 bits per heavy atom. The van der Waals surface area contributed by atoms with Gasteiger partial charge in [-0.2, -0.15) is 0 Å². The van der Waals surface area contributed by atoms with E-state index in [2.05, 4.69) is 5.32 Å². The molecule has 6 nitrogen and oxygen atoms in total. The van der Waals surface area contributed by atoms with Crippen molar-refractivity contribution in [1.29, 1.82) is 0 Å². The zero-order chi connectivity index (χ0) is 14.5. The Morgan fingerprint density at radius 3 is 2.68 bits per heavy atom. The van der Waals surface area contributed by atoms with Gasteiger partial charge in [0.2, 0.25) is 10.0 Å². The number of halogens is 1. The summed E-state index contributed by atoms with van der Waals surface area (Å²) in [7, 11) is -3.47. The molecule has 0 amide bonds. The number of benzene rings is 1. The van der Waals surface area contributed by atoms with E-state index in [9.17, 15) is 12.8 Å². The molecule has 0 spiro atoms. The van der Waals surface area contributed by atoms with Crippen molar-refractivity contribution in [3.05, 3.63) is 17.9 Å². The lowest BCUT2D eigenvalue weighted by Crippen LogP contribution is -2.18. The van der Waals surface area contributed by atoms with Crippen LogP contribution in [-0.2, 0) is 10.0 Å². The van der Waals surface area contributed by atoms with E-state index >= 15 is 0 Å². The molecular weight excluding hydrogens is 273 g/mol. The van der Waals surface area contributed by atoms with Crippen molar-refractivity contribution in [1.82, 2.24) is 0 Å². The highest BCUT2D eigenvalue weighted by Gasteiger charge is 2.09. The minimum absolute atomic E-state index is 0.102. The van der Waals surface area contributed by atoms with Gasteiger partial charge < -0.3 is 15.8 Å². The predicted octanol–water partition coefficient (Wildman–Crippen LogP) is 0.897. The Labute approximate surface area is 112 Å². The van der Waals surface area contributed by atoms with Gasteiger partial charge in [0, 0.05) is 18.7 Å². The van der Waals surface area contributed by atoms with E-state index in [0.29, 0.717) is 25.3 Å². The maximum absolute atomic E-state index is 13.4. The fourth-order valence-electron chi connectivity index (χ4n) is 1.48. The first kappa shape index (κ1) is 15.5. The Bertz CT molecular complexity index is 534. The fourth-order valence-corrected chi connectivity index (χ4v) is 2.03. The summed E-state index contributed by atoms with van der Waals surface area (Å²) >= 11 is 0. The molecule has 8 heteroatoms. The van der Waals surface area contributed by atoms with E-state index in [-0.39, 0.29) is 17.2 Å². The lowest BCUT2D eigenvalue weighted by Gasteiger charge is -2.12. The third kappa shape index (κ3) is 5.31. The van der Waals surface area contributed by atoms with Crippen molar-refractivity contribution in [2.24, 2.45) is 5.14 Å². The number of nitrogens with one attached hydrogen (secondary N) is 1. The molecular formula is C11H18FN3O3S. The minimum Gasteiger partial charge on any atom is -0.491 e. The first-order chi connectivity index (χ1) is 8.83. The van der Waals surface area contributed by atoms with Gasteiger partial charge in [-0.15, -0.1) is 0 Å². The van der Waals surface area contributed by atoms with Crippen molar-refractivity contribution < 1.29 is 17.5 Å². The number of rotatable bonds is 7. The van der Waals surface area contributed by atoms with Crippen molar-refractivity contribution in [3.63, 3.8) is 0 Å². The fraction of sp³-hybridized carbons (Fsp3) is 0.455. The molecule has 0 aliphatic rings. The summed E-state index contributed by atoms with van der Waals surface area (Å²) in [6, 6.07) is 2.61. The summed E-state index contributed by atoms with van der Waals surface area (Å²) in [5.74, 6) is -0.556. The van der Waals surface area contributed by atoms with Crippen LogP contribution in [0.15, 0.2) is 12.1 Å². The van der Waals surface area contributed by atoms with Gasteiger partial charge in [0.05, 0.1) is 23.7 Å². The molecule has 108 valence electrons. The molecule has 1 rings (SSSR count). The second kappa shape index (κ2) is 6.58. The number of anilines is 2. The van der Waals surface area contributed by atoms with Crippen LogP contribution in [0, 0.1) is 5.82 Å². The smallest absolute Gasteiger partial charge is 0.209 e. The Balaban J connectivity index is 2.65. The number of nitrogens with two attached hydrogens (primary N) is 2. The molecule has 0 bridgehead atoms. The highest BCUT2D eigenvalue weighted by atomic mass is 32.2. The van der Waals surface area contributed by atoms with E-state index in [0.717, 1.165) is 6.07 Å². The quantitative estimate of drug-likeness (QED) is 0.511. The minimum atomic E-state index is -3.47. The van der Waals surface area contributed by atoms with Crippen molar-refractivity contribution in [3.8, 4) is 5.75 Å². The molecule has 0 unspecified atom stereocenters. The van der Waals surface area contributed by atoms with Gasteiger partial charge in [-0.05, 0) is 13.3 Å². The Kier molecular flexibility index (Phi) is 5.37. The van der Waals surface area contributed by atoms with E-state index in [1.54, 1.807) is 6.92 Å². The molecule has 0 saturated heterocycles. The summed E-state index contributed by atoms with van der Waals surface area (Å²) < 4.78 is 40.0. The number of sulfonamides is 1. The SMILES string of the molecule is CCOc1cc(NCCCS(N)(=O)=O)c(N)cc1F. The first-order valence-electron chi connectivity index (χ1n) is 5.79. The topological polar surface area (TPSA) is 107 Å². The number of nitrogen functional groups attached to an aromatic ring is 1. The summed E-state index contributed by atoms with van der Waals surface area (Å²) in [5.41, 5.74) is 6.39. The molecule has 1 aromatic carbocycles. The van der Waals surface area contributed by atoms with Gasteiger partial charge in [0.15, 0.2) is 11.6 Å². The van der Waals surface area contributed by atoms with Gasteiger partial charge in [-0.1, -0.05) is 0 Å². The van der Waals surface area contributed by atoms with Crippen LogP contribution < -0.4 is 20.9 Å². The summed E-state index contributed by atoms with van der Waals surface area (Å²) in [6.45, 7) is 2.44. The molecule has 0 aliphatic carbocycles. The van der Waals surface area contributed by atoms with E-state index in [4.69, 9.17) is 15.6 Å². The van der Waals surface area contributed by atoms with Crippen LogP contribution >= 0.6 is 0 Å². The van der Waals surface area contributed by atoms with E-state index < -0.39 is 15.8 Å².